The Bertz CT molecular complexity index is 325. The van der Waals surface area contributed by atoms with Crippen molar-refractivity contribution in [1.29, 1.82) is 0 Å². The number of nitrogens with zero attached hydrogens (tertiary/aromatic N) is 1. The maximum absolute atomic E-state index is 11.0. The summed E-state index contributed by atoms with van der Waals surface area (Å²) in [4.78, 5) is 15.0. The number of carbonyl (C=O) groups excluding carboxylic acids is 1. The van der Waals surface area contributed by atoms with Crippen LogP contribution in [-0.2, 0) is 10.2 Å². The second-order valence-corrected chi connectivity index (χ2v) is 4.30. The van der Waals surface area contributed by atoms with E-state index in [2.05, 4.69) is 24.1 Å². The maximum atomic E-state index is 11.0. The lowest BCUT2D eigenvalue weighted by molar-refractivity contribution is -0.118. The van der Waals surface area contributed by atoms with Gasteiger partial charge in [-0.05, 0) is 17.7 Å². The highest BCUT2D eigenvalue weighted by Gasteiger charge is 2.20. The first-order valence-corrected chi connectivity index (χ1v) is 5.33. The van der Waals surface area contributed by atoms with E-state index in [1.165, 1.54) is 0 Å². The molecule has 0 saturated carbocycles. The van der Waals surface area contributed by atoms with Gasteiger partial charge in [0.25, 0.3) is 0 Å². The van der Waals surface area contributed by atoms with Crippen LogP contribution >= 0.6 is 11.6 Å². The standard InChI is InChI=1S/C11H15ClN2O/c1-11(2,8-14-10(15)7-12)9-3-5-13-6-4-9/h3-6H,7-8H2,1-2H3,(H,14,15). The van der Waals surface area contributed by atoms with Crippen molar-refractivity contribution in [2.24, 2.45) is 0 Å². The zero-order chi connectivity index (χ0) is 11.3. The Hall–Kier alpha value is -1.09. The molecule has 0 spiro atoms. The van der Waals surface area contributed by atoms with E-state index in [9.17, 15) is 4.79 Å². The van der Waals surface area contributed by atoms with Crippen molar-refractivity contribution in [1.82, 2.24) is 10.3 Å². The average molecular weight is 227 g/mol. The van der Waals surface area contributed by atoms with Gasteiger partial charge >= 0.3 is 0 Å². The first kappa shape index (κ1) is 12.0. The van der Waals surface area contributed by atoms with Gasteiger partial charge in [-0.15, -0.1) is 11.6 Å². The van der Waals surface area contributed by atoms with Gasteiger partial charge in [0.2, 0.25) is 5.91 Å². The van der Waals surface area contributed by atoms with Gasteiger partial charge in [0.15, 0.2) is 0 Å². The molecule has 3 nitrogen and oxygen atoms in total. The van der Waals surface area contributed by atoms with Gasteiger partial charge in [0.05, 0.1) is 0 Å². The molecule has 82 valence electrons. The Kier molecular flexibility index (Phi) is 4.09. The number of hydrogen-bond donors (Lipinski definition) is 1. The molecule has 1 aromatic heterocycles. The van der Waals surface area contributed by atoms with Crippen molar-refractivity contribution in [2.75, 3.05) is 12.4 Å². The van der Waals surface area contributed by atoms with Gasteiger partial charge in [-0.1, -0.05) is 13.8 Å². The first-order chi connectivity index (χ1) is 7.06. The van der Waals surface area contributed by atoms with Crippen molar-refractivity contribution in [3.05, 3.63) is 30.1 Å². The molecule has 0 unspecified atom stereocenters. The molecule has 15 heavy (non-hydrogen) atoms. The van der Waals surface area contributed by atoms with Crippen molar-refractivity contribution < 1.29 is 4.79 Å². The summed E-state index contributed by atoms with van der Waals surface area (Å²) >= 11 is 5.40. The van der Waals surface area contributed by atoms with E-state index in [4.69, 9.17) is 11.6 Å². The molecule has 1 rings (SSSR count). The topological polar surface area (TPSA) is 42.0 Å². The summed E-state index contributed by atoms with van der Waals surface area (Å²) in [7, 11) is 0. The van der Waals surface area contributed by atoms with Crippen LogP contribution in [0.25, 0.3) is 0 Å². The predicted molar refractivity (Wildman–Crippen MR) is 61.0 cm³/mol. The molecule has 1 amide bonds. The number of hydrogen-bond acceptors (Lipinski definition) is 2. The predicted octanol–water partition coefficient (Wildman–Crippen LogP) is 1.71. The Morgan fingerprint density at radius 1 is 1.47 bits per heavy atom. The minimum Gasteiger partial charge on any atom is -0.354 e. The zero-order valence-corrected chi connectivity index (χ0v) is 9.71. The Morgan fingerprint density at radius 3 is 2.60 bits per heavy atom. The van der Waals surface area contributed by atoms with Crippen LogP contribution in [0.15, 0.2) is 24.5 Å². The largest absolute Gasteiger partial charge is 0.354 e. The monoisotopic (exact) mass is 226 g/mol. The Balaban J connectivity index is 2.63. The molecular weight excluding hydrogens is 212 g/mol. The van der Waals surface area contributed by atoms with Crippen LogP contribution in [0.4, 0.5) is 0 Å². The van der Waals surface area contributed by atoms with Crippen LogP contribution in [0.5, 0.6) is 0 Å². The van der Waals surface area contributed by atoms with Crippen LogP contribution in [0, 0.1) is 0 Å². The highest BCUT2D eigenvalue weighted by atomic mass is 35.5. The molecule has 1 N–H and O–H groups in total. The molecule has 1 aromatic rings. The number of carbonyl (C=O) groups is 1. The van der Waals surface area contributed by atoms with E-state index in [-0.39, 0.29) is 17.2 Å². The second-order valence-electron chi connectivity index (χ2n) is 4.03. The number of halogens is 1. The lowest BCUT2D eigenvalue weighted by Gasteiger charge is -2.25. The van der Waals surface area contributed by atoms with Crippen molar-refractivity contribution >= 4 is 17.5 Å². The van der Waals surface area contributed by atoms with Gasteiger partial charge in [0, 0.05) is 24.4 Å². The molecule has 0 saturated heterocycles. The van der Waals surface area contributed by atoms with Gasteiger partial charge in [0.1, 0.15) is 5.88 Å². The number of nitrogens with one attached hydrogen (secondary N) is 1. The minimum absolute atomic E-state index is 0.00637. The fourth-order valence-electron chi connectivity index (χ4n) is 1.27. The van der Waals surface area contributed by atoms with Crippen LogP contribution in [0.2, 0.25) is 0 Å². The van der Waals surface area contributed by atoms with Crippen LogP contribution in [0.1, 0.15) is 19.4 Å². The number of alkyl halides is 1. The van der Waals surface area contributed by atoms with E-state index >= 15 is 0 Å². The second kappa shape index (κ2) is 5.12. The highest BCUT2D eigenvalue weighted by Crippen LogP contribution is 2.20. The first-order valence-electron chi connectivity index (χ1n) is 4.79. The molecule has 0 bridgehead atoms. The van der Waals surface area contributed by atoms with E-state index in [1.54, 1.807) is 12.4 Å². The van der Waals surface area contributed by atoms with Crippen LogP contribution in [-0.4, -0.2) is 23.3 Å². The third-order valence-electron chi connectivity index (χ3n) is 2.31. The van der Waals surface area contributed by atoms with Crippen molar-refractivity contribution in [2.45, 2.75) is 19.3 Å². The molecule has 0 aliphatic carbocycles. The van der Waals surface area contributed by atoms with Gasteiger partial charge < -0.3 is 5.32 Å². The zero-order valence-electron chi connectivity index (χ0n) is 8.96. The van der Waals surface area contributed by atoms with Gasteiger partial charge in [-0.3, -0.25) is 9.78 Å². The summed E-state index contributed by atoms with van der Waals surface area (Å²) in [5.74, 6) is -0.134. The molecule has 1 heterocycles. The molecule has 0 aliphatic heterocycles. The van der Waals surface area contributed by atoms with Crippen LogP contribution in [0.3, 0.4) is 0 Å². The van der Waals surface area contributed by atoms with Crippen LogP contribution < -0.4 is 5.32 Å². The van der Waals surface area contributed by atoms with Crippen molar-refractivity contribution in [3.8, 4) is 0 Å². The number of pyridine rings is 1. The normalized spacial score (nSPS) is 11.1. The van der Waals surface area contributed by atoms with Gasteiger partial charge in [-0.2, -0.15) is 0 Å². The smallest absolute Gasteiger partial charge is 0.234 e. The summed E-state index contributed by atoms with van der Waals surface area (Å²) in [6, 6.07) is 3.90. The molecule has 0 aliphatic rings. The highest BCUT2D eigenvalue weighted by molar-refractivity contribution is 6.27. The molecule has 0 radical (unpaired) electrons. The summed E-state index contributed by atoms with van der Waals surface area (Å²) in [6.45, 7) is 4.70. The fourth-order valence-corrected chi connectivity index (χ4v) is 1.37. The summed E-state index contributed by atoms with van der Waals surface area (Å²) < 4.78 is 0. The van der Waals surface area contributed by atoms with Crippen molar-refractivity contribution in [3.63, 3.8) is 0 Å². The molecule has 0 atom stereocenters. The maximum Gasteiger partial charge on any atom is 0.234 e. The third-order valence-corrected chi connectivity index (χ3v) is 2.55. The lowest BCUT2D eigenvalue weighted by atomic mass is 9.85. The molecule has 0 aromatic carbocycles. The van der Waals surface area contributed by atoms with E-state index in [0.717, 1.165) is 5.56 Å². The summed E-state index contributed by atoms with van der Waals surface area (Å²) in [5, 5.41) is 2.78. The van der Waals surface area contributed by atoms with Gasteiger partial charge in [-0.25, -0.2) is 0 Å². The quantitative estimate of drug-likeness (QED) is 0.795. The average Bonchev–Trinajstić information content (AvgIpc) is 2.27. The lowest BCUT2D eigenvalue weighted by Crippen LogP contribution is -2.37. The van der Waals surface area contributed by atoms with E-state index < -0.39 is 0 Å². The Morgan fingerprint density at radius 2 is 2.07 bits per heavy atom. The number of amides is 1. The number of aromatic nitrogens is 1. The molecule has 4 heteroatoms. The summed E-state index contributed by atoms with van der Waals surface area (Å²) in [6.07, 6.45) is 3.50. The third kappa shape index (κ3) is 3.51. The minimum atomic E-state index is -0.140. The number of rotatable bonds is 4. The molecule has 0 fully saturated rings. The Labute approximate surface area is 94.9 Å². The fraction of sp³-hybridized carbons (Fsp3) is 0.455. The summed E-state index contributed by atoms with van der Waals surface area (Å²) in [5.41, 5.74) is 1.04. The van der Waals surface area contributed by atoms with E-state index in [1.807, 2.05) is 12.1 Å². The SMILES string of the molecule is CC(C)(CNC(=O)CCl)c1ccncc1. The van der Waals surface area contributed by atoms with E-state index in [0.29, 0.717) is 6.54 Å². The molecular formula is C11H15ClN2O.